The number of halogens is 2. The predicted molar refractivity (Wildman–Crippen MR) is 113 cm³/mol. The molecule has 1 aliphatic rings. The molecule has 0 aromatic carbocycles. The van der Waals surface area contributed by atoms with Gasteiger partial charge >= 0.3 is 5.69 Å². The van der Waals surface area contributed by atoms with Crippen LogP contribution in [0.3, 0.4) is 0 Å². The van der Waals surface area contributed by atoms with Gasteiger partial charge in [0.15, 0.2) is 0 Å². The lowest BCUT2D eigenvalue weighted by atomic mass is 10.2. The maximum atomic E-state index is 12.3. The Morgan fingerprint density at radius 1 is 1.18 bits per heavy atom. The summed E-state index contributed by atoms with van der Waals surface area (Å²) in [5, 5.41) is 6.43. The van der Waals surface area contributed by atoms with Gasteiger partial charge in [-0.15, -0.1) is 24.8 Å². The van der Waals surface area contributed by atoms with E-state index in [1.54, 1.807) is 7.05 Å². The predicted octanol–water partition coefficient (Wildman–Crippen LogP) is -0.499. The summed E-state index contributed by atoms with van der Waals surface area (Å²) in [7, 11) is 2.96. The third-order valence-corrected chi connectivity index (χ3v) is 4.70. The maximum Gasteiger partial charge on any atom is 0.332 e. The van der Waals surface area contributed by atoms with Crippen molar-refractivity contribution in [3.05, 3.63) is 38.7 Å². The van der Waals surface area contributed by atoms with Crippen LogP contribution in [-0.2, 0) is 14.1 Å². The highest BCUT2D eigenvalue weighted by atomic mass is 35.5. The van der Waals surface area contributed by atoms with Crippen molar-refractivity contribution in [2.24, 2.45) is 14.1 Å². The molecule has 2 aromatic heterocycles. The smallest absolute Gasteiger partial charge is 0.332 e. The summed E-state index contributed by atoms with van der Waals surface area (Å²) >= 11 is 0. The van der Waals surface area contributed by atoms with Gasteiger partial charge in [0.25, 0.3) is 11.5 Å². The van der Waals surface area contributed by atoms with E-state index in [0.717, 1.165) is 43.7 Å². The molecule has 0 atom stereocenters. The van der Waals surface area contributed by atoms with Gasteiger partial charge in [-0.1, -0.05) is 0 Å². The number of nitrogens with zero attached hydrogens (tertiary/aromatic N) is 4. The summed E-state index contributed by atoms with van der Waals surface area (Å²) in [4.78, 5) is 43.0. The Kier molecular flexibility index (Phi) is 9.09. The van der Waals surface area contributed by atoms with E-state index in [-0.39, 0.29) is 41.8 Å². The molecule has 0 saturated carbocycles. The van der Waals surface area contributed by atoms with Gasteiger partial charge in [-0.25, -0.2) is 9.78 Å². The quantitative estimate of drug-likeness (QED) is 0.617. The fourth-order valence-corrected chi connectivity index (χ4v) is 3.13. The fourth-order valence-electron chi connectivity index (χ4n) is 3.13. The summed E-state index contributed by atoms with van der Waals surface area (Å²) < 4.78 is 2.31. The first kappa shape index (κ1) is 24.1. The third-order valence-electron chi connectivity index (χ3n) is 4.70. The normalized spacial score (nSPS) is 14.2. The Labute approximate surface area is 174 Å². The summed E-state index contributed by atoms with van der Waals surface area (Å²) in [6.07, 6.45) is 2.26. The molecule has 1 amide bonds. The van der Waals surface area contributed by atoms with Gasteiger partial charge in [-0.2, -0.15) is 0 Å². The van der Waals surface area contributed by atoms with E-state index in [0.29, 0.717) is 12.1 Å². The molecule has 0 aliphatic carbocycles. The van der Waals surface area contributed by atoms with Crippen LogP contribution in [0.15, 0.2) is 21.9 Å². The summed E-state index contributed by atoms with van der Waals surface area (Å²) in [6, 6.07) is 1.50. The number of aromatic nitrogens is 3. The second kappa shape index (κ2) is 10.6. The molecule has 0 bridgehead atoms. The first-order valence-electron chi connectivity index (χ1n) is 8.76. The molecule has 3 heterocycles. The van der Waals surface area contributed by atoms with Gasteiger partial charge < -0.3 is 15.5 Å². The lowest BCUT2D eigenvalue weighted by Crippen LogP contribution is -2.44. The molecular weight excluding hydrogens is 407 g/mol. The number of amides is 1. The van der Waals surface area contributed by atoms with E-state index in [4.69, 9.17) is 0 Å². The molecule has 0 radical (unpaired) electrons. The first-order chi connectivity index (χ1) is 12.5. The topological polar surface area (TPSA) is 101 Å². The molecule has 0 unspecified atom stereocenters. The van der Waals surface area contributed by atoms with E-state index in [1.807, 2.05) is 0 Å². The van der Waals surface area contributed by atoms with Crippen LogP contribution in [0.25, 0.3) is 11.0 Å². The third kappa shape index (κ3) is 5.11. The minimum absolute atomic E-state index is 0. The van der Waals surface area contributed by atoms with E-state index >= 15 is 0 Å². The highest BCUT2D eigenvalue weighted by Gasteiger charge is 2.14. The van der Waals surface area contributed by atoms with Gasteiger partial charge in [-0.3, -0.25) is 18.7 Å². The van der Waals surface area contributed by atoms with Crippen LogP contribution >= 0.6 is 24.8 Å². The average Bonchev–Trinajstić information content (AvgIpc) is 2.68. The van der Waals surface area contributed by atoms with Crippen molar-refractivity contribution in [1.29, 1.82) is 0 Å². The number of carbonyl (C=O) groups excluding carboxylic acids is 1. The number of aryl methyl sites for hydroxylation is 1. The maximum absolute atomic E-state index is 12.3. The molecule has 1 aliphatic heterocycles. The van der Waals surface area contributed by atoms with Crippen molar-refractivity contribution in [2.75, 3.05) is 39.3 Å². The van der Waals surface area contributed by atoms with E-state index in [1.165, 1.54) is 23.9 Å². The van der Waals surface area contributed by atoms with Gasteiger partial charge in [0, 0.05) is 53.0 Å². The van der Waals surface area contributed by atoms with Crippen LogP contribution in [0.1, 0.15) is 16.8 Å². The first-order valence-corrected chi connectivity index (χ1v) is 8.76. The molecule has 28 heavy (non-hydrogen) atoms. The molecule has 3 rings (SSSR count). The van der Waals surface area contributed by atoms with Gasteiger partial charge in [0.1, 0.15) is 5.65 Å². The Morgan fingerprint density at radius 3 is 2.54 bits per heavy atom. The lowest BCUT2D eigenvalue weighted by molar-refractivity contribution is 0.0951. The molecule has 11 heteroatoms. The minimum Gasteiger partial charge on any atom is -0.352 e. The van der Waals surface area contributed by atoms with Crippen molar-refractivity contribution < 1.29 is 4.79 Å². The van der Waals surface area contributed by atoms with Crippen LogP contribution in [0.4, 0.5) is 0 Å². The molecule has 156 valence electrons. The summed E-state index contributed by atoms with van der Waals surface area (Å²) in [5.74, 6) is -0.268. The van der Waals surface area contributed by atoms with Crippen molar-refractivity contribution in [3.8, 4) is 0 Å². The number of carbonyl (C=O) groups is 1. The molecule has 1 saturated heterocycles. The van der Waals surface area contributed by atoms with Gasteiger partial charge in [-0.05, 0) is 19.0 Å². The average molecular weight is 433 g/mol. The van der Waals surface area contributed by atoms with Crippen LogP contribution in [-0.4, -0.2) is 64.2 Å². The van der Waals surface area contributed by atoms with Crippen LogP contribution < -0.4 is 21.9 Å². The molecule has 2 N–H and O–H groups in total. The number of rotatable bonds is 5. The van der Waals surface area contributed by atoms with E-state index < -0.39 is 11.2 Å². The highest BCUT2D eigenvalue weighted by Crippen LogP contribution is 2.07. The molecule has 2 aromatic rings. The second-order valence-electron chi connectivity index (χ2n) is 6.50. The number of hydrogen-bond acceptors (Lipinski definition) is 6. The summed E-state index contributed by atoms with van der Waals surface area (Å²) in [5.41, 5.74) is -0.312. The molecule has 9 nitrogen and oxygen atoms in total. The highest BCUT2D eigenvalue weighted by molar-refractivity contribution is 5.96. The number of nitrogens with one attached hydrogen (secondary N) is 2. The van der Waals surface area contributed by atoms with Crippen molar-refractivity contribution >= 4 is 41.8 Å². The van der Waals surface area contributed by atoms with Crippen LogP contribution in [0.2, 0.25) is 0 Å². The Morgan fingerprint density at radius 2 is 1.86 bits per heavy atom. The van der Waals surface area contributed by atoms with Crippen LogP contribution in [0, 0.1) is 0 Å². The molecule has 1 fully saturated rings. The molecular formula is C17H26Cl2N6O3. The lowest BCUT2D eigenvalue weighted by Gasteiger charge is -2.27. The van der Waals surface area contributed by atoms with E-state index in [9.17, 15) is 14.4 Å². The van der Waals surface area contributed by atoms with Crippen molar-refractivity contribution in [3.63, 3.8) is 0 Å². The van der Waals surface area contributed by atoms with Crippen molar-refractivity contribution in [1.82, 2.24) is 29.7 Å². The number of hydrogen-bond donors (Lipinski definition) is 2. The number of fused-ring (bicyclic) bond motifs is 1. The second-order valence-corrected chi connectivity index (χ2v) is 6.50. The Hall–Kier alpha value is -1.94. The van der Waals surface area contributed by atoms with Crippen molar-refractivity contribution in [2.45, 2.75) is 6.42 Å². The largest absolute Gasteiger partial charge is 0.352 e. The summed E-state index contributed by atoms with van der Waals surface area (Å²) in [6.45, 7) is 5.58. The van der Waals surface area contributed by atoms with Gasteiger partial charge in [0.05, 0.1) is 10.9 Å². The van der Waals surface area contributed by atoms with Crippen LogP contribution in [0.5, 0.6) is 0 Å². The number of piperazine rings is 1. The zero-order valence-corrected chi connectivity index (χ0v) is 17.6. The zero-order valence-electron chi connectivity index (χ0n) is 15.9. The SMILES string of the molecule is Cl.Cl.Cn1c(=O)c2cc(C(=O)NCCCN3CCNCC3)cnc2n(C)c1=O. The fraction of sp³-hybridized carbons (Fsp3) is 0.529. The standard InChI is InChI=1S/C17H24N6O3.2ClH/c1-21-14-13(16(25)22(2)17(21)26)10-12(11-20-14)15(24)19-4-3-7-23-8-5-18-6-9-23;;/h10-11,18H,3-9H2,1-2H3,(H,19,24);2*1H. The molecule has 0 spiro atoms. The minimum atomic E-state index is -0.455. The van der Waals surface area contributed by atoms with E-state index in [2.05, 4.69) is 20.5 Å². The zero-order chi connectivity index (χ0) is 18.7. The van der Waals surface area contributed by atoms with Gasteiger partial charge in [0.2, 0.25) is 0 Å². The monoisotopic (exact) mass is 432 g/mol. The Bertz CT molecular complexity index is 937. The Balaban J connectivity index is 0.00000196. The number of pyridine rings is 1.